The highest BCUT2D eigenvalue weighted by atomic mass is 32.2. The van der Waals surface area contributed by atoms with Gasteiger partial charge in [-0.1, -0.05) is 6.07 Å². The number of sulfonamides is 1. The minimum Gasteiger partial charge on any atom is -0.491 e. The number of hydrogen-bond acceptors (Lipinski definition) is 4. The number of rotatable bonds is 7. The molecule has 7 heteroatoms. The fraction of sp³-hybridized carbons (Fsp3) is 0.316. The predicted octanol–water partition coefficient (Wildman–Crippen LogP) is 3.17. The van der Waals surface area contributed by atoms with E-state index in [9.17, 15) is 13.2 Å². The zero-order chi connectivity index (χ0) is 18.7. The molecule has 1 aliphatic rings. The molecule has 2 aromatic carbocycles. The summed E-state index contributed by atoms with van der Waals surface area (Å²) >= 11 is 0. The van der Waals surface area contributed by atoms with Gasteiger partial charge in [0, 0.05) is 17.3 Å². The lowest BCUT2D eigenvalue weighted by Crippen LogP contribution is -2.25. The van der Waals surface area contributed by atoms with Gasteiger partial charge in [0.2, 0.25) is 0 Å². The van der Waals surface area contributed by atoms with Gasteiger partial charge in [0.25, 0.3) is 15.9 Å². The number of ether oxygens (including phenoxy) is 1. The molecule has 1 saturated carbocycles. The second-order valence-corrected chi connectivity index (χ2v) is 8.25. The third-order valence-corrected chi connectivity index (χ3v) is 5.18. The highest BCUT2D eigenvalue weighted by Gasteiger charge is 2.24. The number of carbonyl (C=O) groups excluding carboxylic acids is 1. The van der Waals surface area contributed by atoms with E-state index in [2.05, 4.69) is 10.0 Å². The molecule has 1 fully saturated rings. The van der Waals surface area contributed by atoms with Crippen LogP contribution in [-0.2, 0) is 10.0 Å². The first-order valence-electron chi connectivity index (χ1n) is 8.54. The molecule has 0 bridgehead atoms. The Morgan fingerprint density at radius 3 is 2.42 bits per heavy atom. The van der Waals surface area contributed by atoms with E-state index in [4.69, 9.17) is 4.74 Å². The normalized spacial score (nSPS) is 14.1. The molecule has 0 aliphatic heterocycles. The summed E-state index contributed by atoms with van der Waals surface area (Å²) in [5.41, 5.74) is 0.759. The van der Waals surface area contributed by atoms with Crippen LogP contribution in [0.25, 0.3) is 0 Å². The second-order valence-electron chi connectivity index (χ2n) is 6.57. The molecule has 0 atom stereocenters. The van der Waals surface area contributed by atoms with Crippen molar-refractivity contribution >= 4 is 21.6 Å². The van der Waals surface area contributed by atoms with Crippen LogP contribution in [-0.4, -0.2) is 26.5 Å². The lowest BCUT2D eigenvalue weighted by atomic mass is 10.2. The maximum Gasteiger partial charge on any atom is 0.261 e. The fourth-order valence-electron chi connectivity index (χ4n) is 2.39. The topological polar surface area (TPSA) is 84.5 Å². The fourth-order valence-corrected chi connectivity index (χ4v) is 3.49. The van der Waals surface area contributed by atoms with Gasteiger partial charge in [-0.2, -0.15) is 0 Å². The smallest absolute Gasteiger partial charge is 0.261 e. The predicted molar refractivity (Wildman–Crippen MR) is 99.9 cm³/mol. The van der Waals surface area contributed by atoms with Gasteiger partial charge in [0.15, 0.2) is 0 Å². The Bertz CT molecular complexity index is 888. The average Bonchev–Trinajstić information content (AvgIpc) is 3.40. The molecule has 1 amide bonds. The van der Waals surface area contributed by atoms with Crippen molar-refractivity contribution in [3.05, 3.63) is 54.1 Å². The van der Waals surface area contributed by atoms with Crippen LogP contribution < -0.4 is 14.8 Å². The van der Waals surface area contributed by atoms with E-state index in [1.807, 2.05) is 13.8 Å². The second kappa shape index (κ2) is 7.37. The maximum absolute atomic E-state index is 12.6. The molecule has 0 unspecified atom stereocenters. The van der Waals surface area contributed by atoms with Crippen LogP contribution in [0.4, 0.5) is 5.69 Å². The Kier molecular flexibility index (Phi) is 5.18. The molecular weight excluding hydrogens is 352 g/mol. The Balaban J connectivity index is 1.74. The van der Waals surface area contributed by atoms with Crippen LogP contribution in [0.15, 0.2) is 53.4 Å². The highest BCUT2D eigenvalue weighted by Crippen LogP contribution is 2.22. The van der Waals surface area contributed by atoms with E-state index in [-0.39, 0.29) is 22.9 Å². The van der Waals surface area contributed by atoms with E-state index in [1.165, 1.54) is 12.1 Å². The zero-order valence-electron chi connectivity index (χ0n) is 14.7. The summed E-state index contributed by atoms with van der Waals surface area (Å²) in [5, 5.41) is 2.85. The van der Waals surface area contributed by atoms with Gasteiger partial charge in [0.05, 0.1) is 11.0 Å². The van der Waals surface area contributed by atoms with Crippen LogP contribution >= 0.6 is 0 Å². The summed E-state index contributed by atoms with van der Waals surface area (Å²) in [5.74, 6) is 0.418. The Morgan fingerprint density at radius 1 is 1.12 bits per heavy atom. The van der Waals surface area contributed by atoms with E-state index in [0.717, 1.165) is 12.8 Å². The number of amides is 1. The van der Waals surface area contributed by atoms with Gasteiger partial charge >= 0.3 is 0 Å². The van der Waals surface area contributed by atoms with E-state index < -0.39 is 10.0 Å². The Labute approximate surface area is 153 Å². The molecule has 0 heterocycles. The summed E-state index contributed by atoms with van der Waals surface area (Å²) in [6.07, 6.45) is 1.99. The molecule has 2 N–H and O–H groups in total. The van der Waals surface area contributed by atoms with Crippen LogP contribution in [0.1, 0.15) is 37.0 Å². The largest absolute Gasteiger partial charge is 0.491 e. The molecule has 26 heavy (non-hydrogen) atoms. The lowest BCUT2D eigenvalue weighted by molar-refractivity contribution is 0.0951. The van der Waals surface area contributed by atoms with E-state index in [0.29, 0.717) is 17.0 Å². The van der Waals surface area contributed by atoms with Crippen molar-refractivity contribution in [2.24, 2.45) is 0 Å². The number of hydrogen-bond donors (Lipinski definition) is 2. The van der Waals surface area contributed by atoms with Crippen molar-refractivity contribution < 1.29 is 17.9 Å². The highest BCUT2D eigenvalue weighted by molar-refractivity contribution is 7.92. The number of benzene rings is 2. The molecule has 138 valence electrons. The summed E-state index contributed by atoms with van der Waals surface area (Å²) < 4.78 is 33.3. The molecule has 0 radical (unpaired) electrons. The van der Waals surface area contributed by atoms with Crippen molar-refractivity contribution in [3.63, 3.8) is 0 Å². The zero-order valence-corrected chi connectivity index (χ0v) is 15.5. The van der Waals surface area contributed by atoms with Gasteiger partial charge in [-0.25, -0.2) is 8.42 Å². The van der Waals surface area contributed by atoms with Crippen molar-refractivity contribution in [1.82, 2.24) is 5.32 Å². The lowest BCUT2D eigenvalue weighted by Gasteiger charge is -2.12. The Hall–Kier alpha value is -2.54. The molecule has 1 aliphatic carbocycles. The molecule has 0 aromatic heterocycles. The van der Waals surface area contributed by atoms with Gasteiger partial charge in [-0.15, -0.1) is 0 Å². The summed E-state index contributed by atoms with van der Waals surface area (Å²) in [4.78, 5) is 12.2. The first-order chi connectivity index (χ1) is 12.3. The van der Waals surface area contributed by atoms with Crippen molar-refractivity contribution in [2.45, 2.75) is 43.7 Å². The van der Waals surface area contributed by atoms with Crippen LogP contribution in [0.3, 0.4) is 0 Å². The van der Waals surface area contributed by atoms with Gasteiger partial charge in [-0.3, -0.25) is 9.52 Å². The molecule has 6 nitrogen and oxygen atoms in total. The standard InChI is InChI=1S/C19H22N2O4S/c1-13(2)25-17-10-8-16(9-11-17)21-26(23,24)18-5-3-4-14(12-18)19(22)20-15-6-7-15/h3-5,8-13,15,21H,6-7H2,1-2H3,(H,20,22). The maximum atomic E-state index is 12.6. The summed E-state index contributed by atoms with van der Waals surface area (Å²) in [6.45, 7) is 3.84. The van der Waals surface area contributed by atoms with Gasteiger partial charge in [-0.05, 0) is 69.2 Å². The quantitative estimate of drug-likeness (QED) is 0.780. The molecular formula is C19H22N2O4S. The monoisotopic (exact) mass is 374 g/mol. The van der Waals surface area contributed by atoms with Crippen molar-refractivity contribution in [2.75, 3.05) is 4.72 Å². The number of anilines is 1. The molecule has 3 rings (SSSR count). The van der Waals surface area contributed by atoms with E-state index >= 15 is 0 Å². The minimum absolute atomic E-state index is 0.0436. The van der Waals surface area contributed by atoms with E-state index in [1.54, 1.807) is 36.4 Å². The van der Waals surface area contributed by atoms with Gasteiger partial charge < -0.3 is 10.1 Å². The van der Waals surface area contributed by atoms with Crippen molar-refractivity contribution in [3.8, 4) is 5.75 Å². The third-order valence-electron chi connectivity index (χ3n) is 3.80. The van der Waals surface area contributed by atoms with Gasteiger partial charge in [0.1, 0.15) is 5.75 Å². The van der Waals surface area contributed by atoms with Crippen molar-refractivity contribution in [1.29, 1.82) is 0 Å². The van der Waals surface area contributed by atoms with Crippen LogP contribution in [0.2, 0.25) is 0 Å². The molecule has 0 saturated heterocycles. The summed E-state index contributed by atoms with van der Waals surface area (Å²) in [7, 11) is -3.79. The SMILES string of the molecule is CC(C)Oc1ccc(NS(=O)(=O)c2cccc(C(=O)NC3CC3)c2)cc1. The number of nitrogens with one attached hydrogen (secondary N) is 2. The minimum atomic E-state index is -3.79. The Morgan fingerprint density at radius 2 is 1.81 bits per heavy atom. The molecule has 2 aromatic rings. The average molecular weight is 374 g/mol. The first-order valence-corrected chi connectivity index (χ1v) is 10.0. The summed E-state index contributed by atoms with van der Waals surface area (Å²) in [6, 6.07) is 12.9. The molecule has 0 spiro atoms. The first kappa shape index (κ1) is 18.3. The van der Waals surface area contributed by atoms with Crippen LogP contribution in [0.5, 0.6) is 5.75 Å². The third kappa shape index (κ3) is 4.76. The van der Waals surface area contributed by atoms with Crippen LogP contribution in [0, 0.1) is 0 Å². The number of carbonyl (C=O) groups is 1.